The lowest BCUT2D eigenvalue weighted by Crippen LogP contribution is -2.19. The Morgan fingerprint density at radius 1 is 1.07 bits per heavy atom. The van der Waals surface area contributed by atoms with Gasteiger partial charge < -0.3 is 10.1 Å². The van der Waals surface area contributed by atoms with Gasteiger partial charge >= 0.3 is 0 Å². The Kier molecular flexibility index (Phi) is 6.71. The molecule has 0 saturated carbocycles. The number of hydrogen-bond donors (Lipinski definition) is 1. The maximum absolute atomic E-state index is 12.2. The summed E-state index contributed by atoms with van der Waals surface area (Å²) in [7, 11) is 0. The molecule has 2 aromatic carbocycles. The monoisotopic (exact) mass is 380 g/mol. The quantitative estimate of drug-likeness (QED) is 0.662. The zero-order chi connectivity index (χ0) is 19.1. The lowest BCUT2D eigenvalue weighted by atomic mass is 10.1. The fraction of sp³-hybridized carbons (Fsp3) is 0.273. The summed E-state index contributed by atoms with van der Waals surface area (Å²) >= 11 is 1.36. The number of thioether (sulfide) groups is 1. The van der Waals surface area contributed by atoms with Crippen LogP contribution in [0.1, 0.15) is 37.8 Å². The molecule has 4 nitrogen and oxygen atoms in total. The van der Waals surface area contributed by atoms with E-state index in [0.717, 1.165) is 23.4 Å². The SMILES string of the molecule is CCCCc1ccc(N=C2NC(=O)/C(=C/c3ccc(OCC)cc3)S2)cc1. The fourth-order valence-electron chi connectivity index (χ4n) is 2.69. The van der Waals surface area contributed by atoms with Gasteiger partial charge in [0.05, 0.1) is 17.2 Å². The molecule has 27 heavy (non-hydrogen) atoms. The molecule has 5 heteroatoms. The van der Waals surface area contributed by atoms with Crippen LogP contribution in [0, 0.1) is 0 Å². The largest absolute Gasteiger partial charge is 0.494 e. The Morgan fingerprint density at radius 3 is 2.48 bits per heavy atom. The maximum atomic E-state index is 12.2. The van der Waals surface area contributed by atoms with E-state index < -0.39 is 0 Å². The van der Waals surface area contributed by atoms with Gasteiger partial charge in [-0.3, -0.25) is 4.79 Å². The van der Waals surface area contributed by atoms with Gasteiger partial charge in [-0.1, -0.05) is 37.6 Å². The second kappa shape index (κ2) is 9.42. The topological polar surface area (TPSA) is 50.7 Å². The molecule has 0 aromatic heterocycles. The Balaban J connectivity index is 1.68. The molecule has 1 saturated heterocycles. The minimum atomic E-state index is -0.118. The van der Waals surface area contributed by atoms with Gasteiger partial charge in [-0.2, -0.15) is 0 Å². The van der Waals surface area contributed by atoms with Crippen molar-refractivity contribution in [1.29, 1.82) is 0 Å². The van der Waals surface area contributed by atoms with Gasteiger partial charge in [0.25, 0.3) is 5.91 Å². The predicted octanol–water partition coefficient (Wildman–Crippen LogP) is 5.32. The number of aliphatic imine (C=N–C) groups is 1. The summed E-state index contributed by atoms with van der Waals surface area (Å²) in [6, 6.07) is 15.9. The number of rotatable bonds is 7. The van der Waals surface area contributed by atoms with Crippen LogP contribution in [-0.2, 0) is 11.2 Å². The van der Waals surface area contributed by atoms with Gasteiger partial charge in [0.2, 0.25) is 0 Å². The van der Waals surface area contributed by atoms with Crippen LogP contribution in [0.25, 0.3) is 6.08 Å². The summed E-state index contributed by atoms with van der Waals surface area (Å²) in [6.07, 6.45) is 5.34. The van der Waals surface area contributed by atoms with E-state index in [1.807, 2.05) is 49.4 Å². The van der Waals surface area contributed by atoms with E-state index in [1.165, 1.54) is 30.2 Å². The number of carbonyl (C=O) groups excluding carboxylic acids is 1. The van der Waals surface area contributed by atoms with Crippen molar-refractivity contribution in [2.45, 2.75) is 33.1 Å². The Morgan fingerprint density at radius 2 is 1.81 bits per heavy atom. The molecule has 1 N–H and O–H groups in total. The number of amides is 1. The number of ether oxygens (including phenoxy) is 1. The van der Waals surface area contributed by atoms with Crippen molar-refractivity contribution in [1.82, 2.24) is 5.32 Å². The number of hydrogen-bond acceptors (Lipinski definition) is 4. The number of nitrogens with zero attached hydrogens (tertiary/aromatic N) is 1. The molecule has 1 heterocycles. The summed E-state index contributed by atoms with van der Waals surface area (Å²) in [5.41, 5.74) is 3.12. The molecule has 1 amide bonds. The highest BCUT2D eigenvalue weighted by Gasteiger charge is 2.23. The number of carbonyl (C=O) groups is 1. The van der Waals surface area contributed by atoms with Crippen molar-refractivity contribution in [3.8, 4) is 5.75 Å². The number of nitrogens with one attached hydrogen (secondary N) is 1. The molecule has 0 unspecified atom stereocenters. The van der Waals surface area contributed by atoms with Crippen molar-refractivity contribution in [2.75, 3.05) is 6.61 Å². The highest BCUT2D eigenvalue weighted by atomic mass is 32.2. The molecule has 0 atom stereocenters. The summed E-state index contributed by atoms with van der Waals surface area (Å²) in [5, 5.41) is 3.44. The van der Waals surface area contributed by atoms with Crippen molar-refractivity contribution in [3.63, 3.8) is 0 Å². The summed E-state index contributed by atoms with van der Waals surface area (Å²) < 4.78 is 5.44. The maximum Gasteiger partial charge on any atom is 0.264 e. The minimum Gasteiger partial charge on any atom is -0.494 e. The molecule has 0 bridgehead atoms. The van der Waals surface area contributed by atoms with Crippen LogP contribution in [0.5, 0.6) is 5.75 Å². The van der Waals surface area contributed by atoms with Gasteiger partial charge in [0.15, 0.2) is 5.17 Å². The molecule has 1 aliphatic rings. The zero-order valence-corrected chi connectivity index (χ0v) is 16.5. The Hall–Kier alpha value is -2.53. The molecule has 0 aliphatic carbocycles. The summed E-state index contributed by atoms with van der Waals surface area (Å²) in [4.78, 5) is 17.4. The van der Waals surface area contributed by atoms with E-state index in [0.29, 0.717) is 16.7 Å². The number of benzene rings is 2. The van der Waals surface area contributed by atoms with Crippen molar-refractivity contribution < 1.29 is 9.53 Å². The smallest absolute Gasteiger partial charge is 0.264 e. The van der Waals surface area contributed by atoms with E-state index in [2.05, 4.69) is 29.4 Å². The summed E-state index contributed by atoms with van der Waals surface area (Å²) in [5.74, 6) is 0.708. The first-order valence-corrected chi connectivity index (χ1v) is 10.1. The molecular weight excluding hydrogens is 356 g/mol. The van der Waals surface area contributed by atoms with Crippen LogP contribution in [0.15, 0.2) is 58.4 Å². The highest BCUT2D eigenvalue weighted by molar-refractivity contribution is 8.18. The van der Waals surface area contributed by atoms with Crippen LogP contribution >= 0.6 is 11.8 Å². The standard InChI is InChI=1S/C22H24N2O2S/c1-3-5-6-16-7-11-18(12-8-16)23-22-24-21(25)20(27-22)15-17-9-13-19(14-10-17)26-4-2/h7-15H,3-6H2,1-2H3,(H,23,24,25)/b20-15-. The lowest BCUT2D eigenvalue weighted by Gasteiger charge is -2.02. The number of aryl methyl sites for hydroxylation is 1. The third-order valence-corrected chi connectivity index (χ3v) is 5.04. The zero-order valence-electron chi connectivity index (χ0n) is 15.7. The van der Waals surface area contributed by atoms with E-state index in [9.17, 15) is 4.79 Å². The second-order valence-electron chi connectivity index (χ2n) is 6.25. The number of amidine groups is 1. The van der Waals surface area contributed by atoms with Crippen LogP contribution < -0.4 is 10.1 Å². The van der Waals surface area contributed by atoms with Gasteiger partial charge in [0.1, 0.15) is 5.75 Å². The molecule has 3 rings (SSSR count). The van der Waals surface area contributed by atoms with Crippen molar-refractivity contribution in [3.05, 3.63) is 64.6 Å². The van der Waals surface area contributed by atoms with Crippen molar-refractivity contribution in [2.24, 2.45) is 4.99 Å². The predicted molar refractivity (Wildman–Crippen MR) is 113 cm³/mol. The van der Waals surface area contributed by atoms with Crippen LogP contribution in [0.2, 0.25) is 0 Å². The first kappa shape index (κ1) is 19.2. The average molecular weight is 381 g/mol. The molecular formula is C22H24N2O2S. The van der Waals surface area contributed by atoms with E-state index >= 15 is 0 Å². The van der Waals surface area contributed by atoms with E-state index in [4.69, 9.17) is 4.74 Å². The lowest BCUT2D eigenvalue weighted by molar-refractivity contribution is -0.115. The van der Waals surface area contributed by atoms with Gasteiger partial charge in [0, 0.05) is 0 Å². The minimum absolute atomic E-state index is 0.118. The van der Waals surface area contributed by atoms with Gasteiger partial charge in [-0.15, -0.1) is 0 Å². The number of unbranched alkanes of at least 4 members (excludes halogenated alkanes) is 1. The Labute approximate surface area is 164 Å². The summed E-state index contributed by atoms with van der Waals surface area (Å²) in [6.45, 7) is 4.78. The van der Waals surface area contributed by atoms with E-state index in [1.54, 1.807) is 0 Å². The highest BCUT2D eigenvalue weighted by Crippen LogP contribution is 2.28. The molecule has 0 radical (unpaired) electrons. The second-order valence-corrected chi connectivity index (χ2v) is 7.28. The van der Waals surface area contributed by atoms with Gasteiger partial charge in [-0.25, -0.2) is 4.99 Å². The Bertz CT molecular complexity index is 840. The average Bonchev–Trinajstić information content (AvgIpc) is 3.02. The molecule has 1 aliphatic heterocycles. The van der Waals surface area contributed by atoms with Gasteiger partial charge in [-0.05, 0) is 73.0 Å². The first-order chi connectivity index (χ1) is 13.2. The van der Waals surface area contributed by atoms with E-state index in [-0.39, 0.29) is 5.91 Å². The molecule has 1 fully saturated rings. The van der Waals surface area contributed by atoms with Crippen LogP contribution in [0.4, 0.5) is 5.69 Å². The third kappa shape index (κ3) is 5.47. The molecule has 0 spiro atoms. The molecule has 140 valence electrons. The van der Waals surface area contributed by atoms with Crippen molar-refractivity contribution >= 4 is 34.6 Å². The first-order valence-electron chi connectivity index (χ1n) is 9.29. The fourth-order valence-corrected chi connectivity index (χ4v) is 3.54. The van der Waals surface area contributed by atoms with Crippen LogP contribution in [0.3, 0.4) is 0 Å². The normalized spacial score (nSPS) is 16.7. The molecule has 2 aromatic rings. The van der Waals surface area contributed by atoms with Crippen LogP contribution in [-0.4, -0.2) is 17.7 Å². The third-order valence-electron chi connectivity index (χ3n) is 4.13.